The maximum Gasteiger partial charge on any atom is 0.306 e. The van der Waals surface area contributed by atoms with Crippen LogP contribution in [0.2, 0.25) is 0 Å². The fraction of sp³-hybridized carbons (Fsp3) is 0.870. The van der Waals surface area contributed by atoms with Crippen molar-refractivity contribution in [2.75, 3.05) is 0 Å². The van der Waals surface area contributed by atoms with Gasteiger partial charge in [0.25, 0.3) is 0 Å². The summed E-state index contributed by atoms with van der Waals surface area (Å²) in [6.45, 7) is 11.8. The van der Waals surface area contributed by atoms with Crippen molar-refractivity contribution < 1.29 is 24.2 Å². The van der Waals surface area contributed by atoms with Crippen molar-refractivity contribution >= 4 is 28.9 Å². The molecule has 0 bridgehead atoms. The van der Waals surface area contributed by atoms with Gasteiger partial charge in [-0.05, 0) is 91.4 Å². The van der Waals surface area contributed by atoms with Crippen LogP contribution < -0.4 is 5.73 Å². The van der Waals surface area contributed by atoms with E-state index >= 15 is 0 Å². The Kier molecular flexibility index (Phi) is 38.4. The van der Waals surface area contributed by atoms with Crippen LogP contribution >= 0.6 is 17.0 Å². The normalized spacial score (nSPS) is 14.3. The van der Waals surface area contributed by atoms with E-state index in [1.807, 2.05) is 20.8 Å². The Morgan fingerprint density at radius 3 is 1.23 bits per heavy atom. The summed E-state index contributed by atoms with van der Waals surface area (Å²) in [6.07, 6.45) is 39.4. The van der Waals surface area contributed by atoms with Gasteiger partial charge in [0, 0.05) is 24.3 Å². The second-order valence-electron chi connectivity index (χ2n) is 16.1. The molecule has 4 unspecified atom stereocenters. The zero-order chi connectivity index (χ0) is 38.7. The van der Waals surface area contributed by atoms with E-state index in [0.29, 0.717) is 19.3 Å². The van der Waals surface area contributed by atoms with Crippen LogP contribution in [0.25, 0.3) is 0 Å². The van der Waals surface area contributed by atoms with Gasteiger partial charge in [-0.1, -0.05) is 148 Å². The largest absolute Gasteiger partial charge is 0.459 e. The van der Waals surface area contributed by atoms with Crippen LogP contribution in [-0.2, 0) is 19.1 Å². The molecule has 314 valence electrons. The lowest BCUT2D eigenvalue weighted by Crippen LogP contribution is -2.56. The van der Waals surface area contributed by atoms with E-state index in [1.165, 1.54) is 109 Å². The molecule has 0 aliphatic rings. The van der Waals surface area contributed by atoms with Crippen molar-refractivity contribution in [3.8, 4) is 0 Å². The molecule has 0 heterocycles. The number of carbonyl (C=O) groups is 2. The standard InChI is InChI=1S/C46H87NO5.BrH/c1-7-10-12-14-16-18-20-22-24-26-28-30-32-34-36-38-42(49)51-40(4)45(44(41(48)9-3)46(5,6)47)52-43(50)39-37-35-33-31-29-27-25-23-21-19-17-15-13-11-8-2;/h22-25,40-41,44-45,48H,7-21,26-39,47H2,1-6H3;1H/b24-22-,25-23-;. The topological polar surface area (TPSA) is 98.8 Å². The van der Waals surface area contributed by atoms with Crippen molar-refractivity contribution in [1.82, 2.24) is 0 Å². The molecule has 3 N–H and O–H groups in total. The van der Waals surface area contributed by atoms with Gasteiger partial charge >= 0.3 is 11.9 Å². The number of aliphatic hydroxyl groups excluding tert-OH is 1. The Balaban J connectivity index is 0. The minimum Gasteiger partial charge on any atom is -0.459 e. The number of hydrogen-bond acceptors (Lipinski definition) is 6. The molecule has 0 aromatic rings. The van der Waals surface area contributed by atoms with Crippen LogP contribution in [0.3, 0.4) is 0 Å². The average Bonchev–Trinajstić information content (AvgIpc) is 3.10. The predicted molar refractivity (Wildman–Crippen MR) is 233 cm³/mol. The summed E-state index contributed by atoms with van der Waals surface area (Å²) in [5.41, 5.74) is 5.70. The van der Waals surface area contributed by atoms with Gasteiger partial charge in [0.15, 0.2) is 0 Å². The monoisotopic (exact) mass is 814 g/mol. The number of rotatable bonds is 37. The highest BCUT2D eigenvalue weighted by molar-refractivity contribution is 8.93. The number of unbranched alkanes of at least 4 members (excludes halogenated alkanes) is 22. The Hall–Kier alpha value is -1.18. The molecule has 0 amide bonds. The summed E-state index contributed by atoms with van der Waals surface area (Å²) in [7, 11) is 0. The summed E-state index contributed by atoms with van der Waals surface area (Å²) in [5, 5.41) is 11.0. The third-order valence-corrected chi connectivity index (χ3v) is 10.4. The molecule has 0 fully saturated rings. The maximum atomic E-state index is 13.1. The first kappa shape index (κ1) is 53.9. The zero-order valence-electron chi connectivity index (χ0n) is 35.7. The van der Waals surface area contributed by atoms with Crippen molar-refractivity contribution in [3.63, 3.8) is 0 Å². The van der Waals surface area contributed by atoms with E-state index in [4.69, 9.17) is 15.2 Å². The molecule has 0 spiro atoms. The number of aliphatic hydroxyl groups is 1. The number of allylic oxidation sites excluding steroid dienone is 4. The average molecular weight is 815 g/mol. The summed E-state index contributed by atoms with van der Waals surface area (Å²) < 4.78 is 11.8. The molecule has 6 nitrogen and oxygen atoms in total. The molecule has 0 aromatic heterocycles. The minimum atomic E-state index is -0.840. The third kappa shape index (κ3) is 32.7. The van der Waals surface area contributed by atoms with Crippen molar-refractivity contribution in [2.24, 2.45) is 11.7 Å². The highest BCUT2D eigenvalue weighted by atomic mass is 79.9. The van der Waals surface area contributed by atoms with Crippen LogP contribution in [0, 0.1) is 5.92 Å². The highest BCUT2D eigenvalue weighted by Gasteiger charge is 2.43. The second-order valence-corrected chi connectivity index (χ2v) is 16.1. The molecular formula is C46H88BrNO5. The van der Waals surface area contributed by atoms with Gasteiger partial charge in [0.1, 0.15) is 12.2 Å². The van der Waals surface area contributed by atoms with Gasteiger partial charge in [0.2, 0.25) is 0 Å². The van der Waals surface area contributed by atoms with E-state index in [9.17, 15) is 14.7 Å². The number of ether oxygens (including phenoxy) is 2. The lowest BCUT2D eigenvalue weighted by atomic mass is 9.77. The predicted octanol–water partition coefficient (Wildman–Crippen LogP) is 13.6. The molecule has 0 aliphatic heterocycles. The molecule has 0 aromatic carbocycles. The molecule has 0 saturated carbocycles. The lowest BCUT2D eigenvalue weighted by Gasteiger charge is -2.41. The summed E-state index contributed by atoms with van der Waals surface area (Å²) in [4.78, 5) is 25.9. The lowest BCUT2D eigenvalue weighted by molar-refractivity contribution is -0.178. The zero-order valence-corrected chi connectivity index (χ0v) is 37.4. The number of esters is 2. The first-order valence-corrected chi connectivity index (χ1v) is 22.2. The third-order valence-electron chi connectivity index (χ3n) is 10.4. The minimum absolute atomic E-state index is 0. The molecule has 0 radical (unpaired) electrons. The Bertz CT molecular complexity index is 886. The van der Waals surface area contributed by atoms with Crippen LogP contribution in [0.15, 0.2) is 24.3 Å². The quantitative estimate of drug-likeness (QED) is 0.0368. The van der Waals surface area contributed by atoms with Crippen LogP contribution in [-0.4, -0.2) is 40.9 Å². The highest BCUT2D eigenvalue weighted by Crippen LogP contribution is 2.30. The van der Waals surface area contributed by atoms with Crippen LogP contribution in [0.4, 0.5) is 0 Å². The number of carbonyl (C=O) groups excluding carboxylic acids is 2. The van der Waals surface area contributed by atoms with E-state index in [-0.39, 0.29) is 28.9 Å². The summed E-state index contributed by atoms with van der Waals surface area (Å²) >= 11 is 0. The molecule has 53 heavy (non-hydrogen) atoms. The Labute approximate surface area is 339 Å². The molecule has 0 saturated heterocycles. The number of nitrogens with two attached hydrogens (primary N) is 1. The smallest absolute Gasteiger partial charge is 0.306 e. The van der Waals surface area contributed by atoms with E-state index in [0.717, 1.165) is 57.8 Å². The maximum absolute atomic E-state index is 13.1. The van der Waals surface area contributed by atoms with Gasteiger partial charge in [-0.25, -0.2) is 0 Å². The Morgan fingerprint density at radius 1 is 0.566 bits per heavy atom. The number of hydrogen-bond donors (Lipinski definition) is 2. The van der Waals surface area contributed by atoms with Crippen molar-refractivity contribution in [3.05, 3.63) is 24.3 Å². The second kappa shape index (κ2) is 37.7. The first-order valence-electron chi connectivity index (χ1n) is 22.2. The fourth-order valence-corrected chi connectivity index (χ4v) is 7.08. The molecule has 0 aliphatic carbocycles. The molecule has 0 rings (SSSR count). The van der Waals surface area contributed by atoms with Crippen molar-refractivity contribution in [2.45, 2.75) is 252 Å². The van der Waals surface area contributed by atoms with Gasteiger partial charge in [0.05, 0.1) is 6.10 Å². The molecule has 7 heteroatoms. The fourth-order valence-electron chi connectivity index (χ4n) is 7.08. The first-order chi connectivity index (χ1) is 25.1. The van der Waals surface area contributed by atoms with E-state index < -0.39 is 29.8 Å². The van der Waals surface area contributed by atoms with Crippen LogP contribution in [0.1, 0.15) is 228 Å². The summed E-state index contributed by atoms with van der Waals surface area (Å²) in [5.74, 6) is -1.18. The molecular weight excluding hydrogens is 726 g/mol. The van der Waals surface area contributed by atoms with Gasteiger partial charge in [-0.3, -0.25) is 9.59 Å². The van der Waals surface area contributed by atoms with Crippen molar-refractivity contribution in [1.29, 1.82) is 0 Å². The summed E-state index contributed by atoms with van der Waals surface area (Å²) in [6, 6.07) is 0. The number of halogens is 1. The SMILES string of the molecule is Br.CCCCCCCC/C=C\CCCCCCCC(=O)OC(C)C(OC(=O)CCCCCCC/C=C\CCCCCCCC)C(C(O)CC)C(C)(C)N. The van der Waals surface area contributed by atoms with E-state index in [1.54, 1.807) is 6.92 Å². The molecule has 4 atom stereocenters. The van der Waals surface area contributed by atoms with E-state index in [2.05, 4.69) is 38.2 Å². The van der Waals surface area contributed by atoms with Gasteiger partial charge in [-0.15, -0.1) is 17.0 Å². The Morgan fingerprint density at radius 2 is 0.887 bits per heavy atom. The van der Waals surface area contributed by atoms with Crippen LogP contribution in [0.5, 0.6) is 0 Å². The van der Waals surface area contributed by atoms with Gasteiger partial charge < -0.3 is 20.3 Å². The van der Waals surface area contributed by atoms with Gasteiger partial charge in [-0.2, -0.15) is 0 Å².